The number of piperidine rings is 1. The van der Waals surface area contributed by atoms with Crippen LogP contribution in [-0.4, -0.2) is 56.0 Å². The van der Waals surface area contributed by atoms with Gasteiger partial charge in [-0.1, -0.05) is 24.3 Å². The van der Waals surface area contributed by atoms with Gasteiger partial charge in [0.05, 0.1) is 13.2 Å². The van der Waals surface area contributed by atoms with Crippen LogP contribution in [0.1, 0.15) is 36.4 Å². The third kappa shape index (κ3) is 6.46. The fraction of sp³-hybridized carbons (Fsp3) is 0.417. The van der Waals surface area contributed by atoms with Crippen molar-refractivity contribution < 1.29 is 14.3 Å². The molecule has 7 nitrogen and oxygen atoms in total. The van der Waals surface area contributed by atoms with Crippen molar-refractivity contribution in [3.8, 4) is 5.75 Å². The molecule has 166 valence electrons. The zero-order valence-corrected chi connectivity index (χ0v) is 18.6. The highest BCUT2D eigenvalue weighted by Gasteiger charge is 2.18. The molecule has 2 aromatic carbocycles. The Balaban J connectivity index is 1.57. The van der Waals surface area contributed by atoms with Gasteiger partial charge in [-0.15, -0.1) is 0 Å². The van der Waals surface area contributed by atoms with E-state index in [1.54, 1.807) is 7.11 Å². The van der Waals surface area contributed by atoms with E-state index in [1.807, 2.05) is 67.5 Å². The largest absolute Gasteiger partial charge is 0.497 e. The summed E-state index contributed by atoms with van der Waals surface area (Å²) >= 11 is 0. The summed E-state index contributed by atoms with van der Waals surface area (Å²) in [5.74, 6) is 0.993. The maximum atomic E-state index is 12.5. The van der Waals surface area contributed by atoms with Gasteiger partial charge in [0, 0.05) is 31.7 Å². The normalized spacial score (nSPS) is 15.0. The second kappa shape index (κ2) is 10.8. The first-order valence-electron chi connectivity index (χ1n) is 10.7. The van der Waals surface area contributed by atoms with Crippen LogP contribution in [0.3, 0.4) is 0 Å². The van der Waals surface area contributed by atoms with Crippen molar-refractivity contribution in [2.45, 2.75) is 31.8 Å². The van der Waals surface area contributed by atoms with Crippen LogP contribution in [0.25, 0.3) is 0 Å². The van der Waals surface area contributed by atoms with E-state index in [9.17, 15) is 9.59 Å². The maximum Gasteiger partial charge on any atom is 0.319 e. The molecule has 0 bridgehead atoms. The SMILES string of the molecule is COc1cccc(C(CNC(=O)Nc2cccc(CN3CCCCC3=O)c2)N(C)C)c1. The van der Waals surface area contributed by atoms with E-state index < -0.39 is 0 Å². The van der Waals surface area contributed by atoms with Crippen molar-refractivity contribution in [1.29, 1.82) is 0 Å². The van der Waals surface area contributed by atoms with Crippen molar-refractivity contribution in [2.24, 2.45) is 0 Å². The van der Waals surface area contributed by atoms with E-state index in [1.165, 1.54) is 0 Å². The fourth-order valence-corrected chi connectivity index (χ4v) is 3.81. The van der Waals surface area contributed by atoms with Crippen LogP contribution in [0.5, 0.6) is 5.75 Å². The monoisotopic (exact) mass is 424 g/mol. The number of likely N-dealkylation sites (N-methyl/N-ethyl adjacent to an activating group) is 1. The summed E-state index contributed by atoms with van der Waals surface area (Å²) in [4.78, 5) is 28.5. The average Bonchev–Trinajstić information content (AvgIpc) is 2.76. The van der Waals surface area contributed by atoms with E-state index in [4.69, 9.17) is 4.74 Å². The summed E-state index contributed by atoms with van der Waals surface area (Å²) in [6.07, 6.45) is 2.65. The van der Waals surface area contributed by atoms with Crippen LogP contribution in [0, 0.1) is 0 Å². The molecule has 3 amide bonds. The van der Waals surface area contributed by atoms with Crippen molar-refractivity contribution in [1.82, 2.24) is 15.1 Å². The lowest BCUT2D eigenvalue weighted by Crippen LogP contribution is -2.37. The second-order valence-electron chi connectivity index (χ2n) is 8.06. The van der Waals surface area contributed by atoms with Crippen LogP contribution in [0.2, 0.25) is 0 Å². The molecule has 1 heterocycles. The number of likely N-dealkylation sites (tertiary alicyclic amines) is 1. The fourth-order valence-electron chi connectivity index (χ4n) is 3.81. The summed E-state index contributed by atoms with van der Waals surface area (Å²) in [6.45, 7) is 1.83. The number of carbonyl (C=O) groups excluding carboxylic acids is 2. The van der Waals surface area contributed by atoms with Crippen LogP contribution < -0.4 is 15.4 Å². The van der Waals surface area contributed by atoms with E-state index in [2.05, 4.69) is 15.5 Å². The lowest BCUT2D eigenvalue weighted by Gasteiger charge is -2.27. The molecule has 2 N–H and O–H groups in total. The van der Waals surface area contributed by atoms with E-state index in [0.29, 0.717) is 25.2 Å². The number of ether oxygens (including phenoxy) is 1. The molecule has 1 unspecified atom stereocenters. The molecule has 7 heteroatoms. The molecular formula is C24H32N4O3. The number of urea groups is 1. The summed E-state index contributed by atoms with van der Waals surface area (Å²) in [5, 5.41) is 5.86. The number of carbonyl (C=O) groups is 2. The molecule has 1 saturated heterocycles. The third-order valence-corrected chi connectivity index (χ3v) is 5.54. The highest BCUT2D eigenvalue weighted by atomic mass is 16.5. The van der Waals surface area contributed by atoms with Gasteiger partial charge in [0.15, 0.2) is 0 Å². The predicted octanol–water partition coefficient (Wildman–Crippen LogP) is 3.63. The molecule has 1 aliphatic heterocycles. The highest BCUT2D eigenvalue weighted by molar-refractivity contribution is 5.89. The molecule has 0 radical (unpaired) electrons. The van der Waals surface area contributed by atoms with Gasteiger partial charge in [-0.3, -0.25) is 4.79 Å². The minimum absolute atomic E-state index is 0.0114. The lowest BCUT2D eigenvalue weighted by molar-refractivity contribution is -0.133. The number of benzene rings is 2. The summed E-state index contributed by atoms with van der Waals surface area (Å²) < 4.78 is 5.32. The molecule has 0 spiro atoms. The van der Waals surface area contributed by atoms with Crippen LogP contribution in [0.15, 0.2) is 48.5 Å². The number of methoxy groups -OCH3 is 1. The van der Waals surface area contributed by atoms with E-state index in [0.717, 1.165) is 36.3 Å². The number of nitrogens with one attached hydrogen (secondary N) is 2. The maximum absolute atomic E-state index is 12.5. The molecule has 1 atom stereocenters. The smallest absolute Gasteiger partial charge is 0.319 e. The lowest BCUT2D eigenvalue weighted by atomic mass is 10.1. The van der Waals surface area contributed by atoms with Crippen LogP contribution in [-0.2, 0) is 11.3 Å². The minimum Gasteiger partial charge on any atom is -0.497 e. The van der Waals surface area contributed by atoms with Crippen LogP contribution >= 0.6 is 0 Å². The van der Waals surface area contributed by atoms with Crippen LogP contribution in [0.4, 0.5) is 10.5 Å². The van der Waals surface area contributed by atoms with Gasteiger partial charge < -0.3 is 25.2 Å². The number of rotatable bonds is 8. The first-order chi connectivity index (χ1) is 15.0. The highest BCUT2D eigenvalue weighted by Crippen LogP contribution is 2.22. The quantitative estimate of drug-likeness (QED) is 0.679. The topological polar surface area (TPSA) is 73.9 Å². The Hall–Kier alpha value is -3.06. The van der Waals surface area contributed by atoms with Gasteiger partial charge in [0.1, 0.15) is 5.75 Å². The number of anilines is 1. The Labute approximate surface area is 184 Å². The van der Waals surface area contributed by atoms with Gasteiger partial charge in [0.25, 0.3) is 0 Å². The Morgan fingerprint density at radius 1 is 1.16 bits per heavy atom. The number of nitrogens with zero attached hydrogens (tertiary/aromatic N) is 2. The predicted molar refractivity (Wildman–Crippen MR) is 122 cm³/mol. The van der Waals surface area contributed by atoms with Gasteiger partial charge >= 0.3 is 6.03 Å². The second-order valence-corrected chi connectivity index (χ2v) is 8.06. The van der Waals surface area contributed by atoms with Crippen molar-refractivity contribution in [2.75, 3.05) is 39.6 Å². The molecular weight excluding hydrogens is 392 g/mol. The molecule has 31 heavy (non-hydrogen) atoms. The Morgan fingerprint density at radius 3 is 2.71 bits per heavy atom. The number of amides is 3. The summed E-state index contributed by atoms with van der Waals surface area (Å²) in [7, 11) is 5.61. The molecule has 3 rings (SSSR count). The van der Waals surface area contributed by atoms with Crippen molar-refractivity contribution >= 4 is 17.6 Å². The van der Waals surface area contributed by atoms with Gasteiger partial charge in [-0.05, 0) is 62.3 Å². The van der Waals surface area contributed by atoms with E-state index in [-0.39, 0.29) is 18.0 Å². The first-order valence-corrected chi connectivity index (χ1v) is 10.7. The molecule has 1 aliphatic rings. The molecule has 0 saturated carbocycles. The zero-order valence-electron chi connectivity index (χ0n) is 18.6. The van der Waals surface area contributed by atoms with Crippen molar-refractivity contribution in [3.05, 3.63) is 59.7 Å². The molecule has 1 fully saturated rings. The number of hydrogen-bond acceptors (Lipinski definition) is 4. The van der Waals surface area contributed by atoms with Crippen molar-refractivity contribution in [3.63, 3.8) is 0 Å². The Kier molecular flexibility index (Phi) is 7.89. The first kappa shape index (κ1) is 22.6. The summed E-state index contributed by atoms with van der Waals surface area (Å²) in [5.41, 5.74) is 2.79. The summed E-state index contributed by atoms with van der Waals surface area (Å²) in [6, 6.07) is 15.3. The van der Waals surface area contributed by atoms with Gasteiger partial charge in [0.2, 0.25) is 5.91 Å². The standard InChI is InChI=1S/C24H32N4O3/c1-27(2)22(19-9-7-11-21(15-19)31-3)16-25-24(30)26-20-10-6-8-18(14-20)17-28-13-5-4-12-23(28)29/h6-11,14-15,22H,4-5,12-13,16-17H2,1-3H3,(H2,25,26,30). The zero-order chi connectivity index (χ0) is 22.2. The Bertz CT molecular complexity index is 900. The molecule has 0 aliphatic carbocycles. The average molecular weight is 425 g/mol. The number of hydrogen-bond donors (Lipinski definition) is 2. The molecule has 2 aromatic rings. The molecule has 0 aromatic heterocycles. The third-order valence-electron chi connectivity index (χ3n) is 5.54. The van der Waals surface area contributed by atoms with Gasteiger partial charge in [-0.2, -0.15) is 0 Å². The minimum atomic E-state index is -0.263. The van der Waals surface area contributed by atoms with Gasteiger partial charge in [-0.25, -0.2) is 4.79 Å². The van der Waals surface area contributed by atoms with E-state index >= 15 is 0 Å². The Morgan fingerprint density at radius 2 is 1.97 bits per heavy atom.